The number of carbonyl (C=O) groups excluding carboxylic acids is 2. The standard InChI is InChI=1S/C13H20N2O3/c1-8(2)12-10(18-3)7-11(16)15(12)13(17)9-5-4-6-14-9/h7-9,12,14H,4-6H2,1-3H3/t9-,12+/m1/s1. The fourth-order valence-corrected chi connectivity index (χ4v) is 2.66. The minimum atomic E-state index is -0.266. The number of hydrogen-bond acceptors (Lipinski definition) is 4. The van der Waals surface area contributed by atoms with Gasteiger partial charge in [-0.1, -0.05) is 13.8 Å². The van der Waals surface area contributed by atoms with E-state index in [-0.39, 0.29) is 29.8 Å². The molecule has 0 saturated carbocycles. The van der Waals surface area contributed by atoms with Crippen molar-refractivity contribution >= 4 is 11.8 Å². The Bertz CT molecular complexity index is 384. The third-order valence-corrected chi connectivity index (χ3v) is 3.54. The van der Waals surface area contributed by atoms with Crippen LogP contribution in [-0.2, 0) is 14.3 Å². The van der Waals surface area contributed by atoms with E-state index < -0.39 is 0 Å². The van der Waals surface area contributed by atoms with Gasteiger partial charge in [-0.2, -0.15) is 0 Å². The zero-order valence-electron chi connectivity index (χ0n) is 11.1. The Morgan fingerprint density at radius 3 is 2.78 bits per heavy atom. The molecule has 1 saturated heterocycles. The van der Waals surface area contributed by atoms with Crippen LogP contribution in [0.4, 0.5) is 0 Å². The Morgan fingerprint density at radius 1 is 1.56 bits per heavy atom. The molecule has 0 aromatic rings. The second-order valence-electron chi connectivity index (χ2n) is 5.14. The first kappa shape index (κ1) is 13.1. The summed E-state index contributed by atoms with van der Waals surface area (Å²) in [7, 11) is 1.54. The van der Waals surface area contributed by atoms with E-state index in [1.54, 1.807) is 0 Å². The summed E-state index contributed by atoms with van der Waals surface area (Å²) in [6, 6.07) is -0.489. The number of rotatable bonds is 3. The molecule has 2 amide bonds. The Labute approximate surface area is 107 Å². The SMILES string of the molecule is COC1=CC(=O)N(C(=O)[C@H]2CCCN2)[C@H]1C(C)C. The summed E-state index contributed by atoms with van der Waals surface area (Å²) in [5, 5.41) is 3.14. The minimum Gasteiger partial charge on any atom is -0.499 e. The Morgan fingerprint density at radius 2 is 2.28 bits per heavy atom. The van der Waals surface area contributed by atoms with Crippen LogP contribution in [0, 0.1) is 5.92 Å². The third kappa shape index (κ3) is 2.14. The van der Waals surface area contributed by atoms with Crippen LogP contribution < -0.4 is 5.32 Å². The maximum atomic E-state index is 12.4. The van der Waals surface area contributed by atoms with E-state index in [1.165, 1.54) is 18.1 Å². The van der Waals surface area contributed by atoms with Gasteiger partial charge in [0, 0.05) is 6.08 Å². The summed E-state index contributed by atoms with van der Waals surface area (Å²) in [6.07, 6.45) is 3.21. The fraction of sp³-hybridized carbons (Fsp3) is 0.692. The second kappa shape index (κ2) is 5.10. The molecule has 0 spiro atoms. The van der Waals surface area contributed by atoms with Gasteiger partial charge in [0.05, 0.1) is 19.2 Å². The van der Waals surface area contributed by atoms with Crippen molar-refractivity contribution in [2.75, 3.05) is 13.7 Å². The number of amides is 2. The first-order chi connectivity index (χ1) is 8.56. The van der Waals surface area contributed by atoms with Gasteiger partial charge in [0.1, 0.15) is 5.76 Å². The highest BCUT2D eigenvalue weighted by Crippen LogP contribution is 2.28. The monoisotopic (exact) mass is 252 g/mol. The molecule has 18 heavy (non-hydrogen) atoms. The molecule has 100 valence electrons. The molecular weight excluding hydrogens is 232 g/mol. The van der Waals surface area contributed by atoms with Crippen molar-refractivity contribution in [3.05, 3.63) is 11.8 Å². The normalized spacial score (nSPS) is 27.9. The quantitative estimate of drug-likeness (QED) is 0.750. The van der Waals surface area contributed by atoms with Gasteiger partial charge in [-0.3, -0.25) is 14.5 Å². The van der Waals surface area contributed by atoms with Gasteiger partial charge >= 0.3 is 0 Å². The molecule has 5 nitrogen and oxygen atoms in total. The van der Waals surface area contributed by atoms with Crippen molar-refractivity contribution in [1.82, 2.24) is 10.2 Å². The van der Waals surface area contributed by atoms with Gasteiger partial charge in [-0.15, -0.1) is 0 Å². The molecule has 5 heteroatoms. The highest BCUT2D eigenvalue weighted by Gasteiger charge is 2.42. The molecule has 0 radical (unpaired) electrons. The van der Waals surface area contributed by atoms with Gasteiger partial charge in [0.25, 0.3) is 5.91 Å². The van der Waals surface area contributed by atoms with Crippen molar-refractivity contribution in [3.8, 4) is 0 Å². The number of imide groups is 1. The van der Waals surface area contributed by atoms with Crippen LogP contribution in [0.5, 0.6) is 0 Å². The highest BCUT2D eigenvalue weighted by molar-refractivity contribution is 6.05. The van der Waals surface area contributed by atoms with Crippen LogP contribution in [0.1, 0.15) is 26.7 Å². The first-order valence-electron chi connectivity index (χ1n) is 6.42. The predicted octanol–water partition coefficient (Wildman–Crippen LogP) is 0.662. The van der Waals surface area contributed by atoms with E-state index in [2.05, 4.69) is 5.32 Å². The second-order valence-corrected chi connectivity index (χ2v) is 5.14. The van der Waals surface area contributed by atoms with Crippen molar-refractivity contribution < 1.29 is 14.3 Å². The van der Waals surface area contributed by atoms with Crippen LogP contribution in [0.25, 0.3) is 0 Å². The van der Waals surface area contributed by atoms with Crippen LogP contribution in [-0.4, -0.2) is 42.5 Å². The number of ether oxygens (including phenoxy) is 1. The molecule has 2 aliphatic heterocycles. The molecule has 0 aliphatic carbocycles. The third-order valence-electron chi connectivity index (χ3n) is 3.54. The van der Waals surface area contributed by atoms with E-state index in [4.69, 9.17) is 4.74 Å². The Kier molecular flexibility index (Phi) is 3.71. The Hall–Kier alpha value is -1.36. The molecule has 0 bridgehead atoms. The van der Waals surface area contributed by atoms with Gasteiger partial charge in [0.2, 0.25) is 5.91 Å². The van der Waals surface area contributed by atoms with Gasteiger partial charge in [-0.05, 0) is 25.3 Å². The van der Waals surface area contributed by atoms with E-state index in [0.717, 1.165) is 19.4 Å². The molecule has 0 unspecified atom stereocenters. The van der Waals surface area contributed by atoms with E-state index in [0.29, 0.717) is 5.76 Å². The van der Waals surface area contributed by atoms with Crippen molar-refractivity contribution in [2.24, 2.45) is 5.92 Å². The van der Waals surface area contributed by atoms with E-state index in [9.17, 15) is 9.59 Å². The first-order valence-corrected chi connectivity index (χ1v) is 6.42. The number of hydrogen-bond donors (Lipinski definition) is 1. The van der Waals surface area contributed by atoms with Gasteiger partial charge in [0.15, 0.2) is 0 Å². The lowest BCUT2D eigenvalue weighted by molar-refractivity contribution is -0.145. The van der Waals surface area contributed by atoms with Crippen LogP contribution in [0.2, 0.25) is 0 Å². The predicted molar refractivity (Wildman–Crippen MR) is 66.6 cm³/mol. The average molecular weight is 252 g/mol. The average Bonchev–Trinajstić information content (AvgIpc) is 2.94. The van der Waals surface area contributed by atoms with Crippen LogP contribution >= 0.6 is 0 Å². The molecule has 0 aromatic carbocycles. The number of methoxy groups -OCH3 is 1. The fourth-order valence-electron chi connectivity index (χ4n) is 2.66. The lowest BCUT2D eigenvalue weighted by Gasteiger charge is -2.29. The smallest absolute Gasteiger partial charge is 0.257 e. The summed E-state index contributed by atoms with van der Waals surface area (Å²) in [4.78, 5) is 25.7. The molecule has 2 aliphatic rings. The lowest BCUT2D eigenvalue weighted by atomic mass is 10.0. The highest BCUT2D eigenvalue weighted by atomic mass is 16.5. The lowest BCUT2D eigenvalue weighted by Crippen LogP contribution is -2.50. The minimum absolute atomic E-state index is 0.125. The van der Waals surface area contributed by atoms with Crippen LogP contribution in [0.3, 0.4) is 0 Å². The van der Waals surface area contributed by atoms with E-state index in [1.807, 2.05) is 13.8 Å². The molecule has 1 N–H and O–H groups in total. The summed E-state index contributed by atoms with van der Waals surface area (Å²) < 4.78 is 5.22. The molecule has 2 rings (SSSR count). The van der Waals surface area contributed by atoms with Gasteiger partial charge in [-0.25, -0.2) is 0 Å². The topological polar surface area (TPSA) is 58.6 Å². The van der Waals surface area contributed by atoms with E-state index >= 15 is 0 Å². The molecular formula is C13H20N2O3. The summed E-state index contributed by atoms with van der Waals surface area (Å²) in [5.74, 6) is 0.345. The zero-order chi connectivity index (χ0) is 13.3. The maximum Gasteiger partial charge on any atom is 0.257 e. The van der Waals surface area contributed by atoms with Gasteiger partial charge < -0.3 is 10.1 Å². The van der Waals surface area contributed by atoms with Crippen molar-refractivity contribution in [2.45, 2.75) is 38.8 Å². The number of nitrogens with one attached hydrogen (secondary N) is 1. The zero-order valence-corrected chi connectivity index (χ0v) is 11.1. The van der Waals surface area contributed by atoms with Crippen LogP contribution in [0.15, 0.2) is 11.8 Å². The summed E-state index contributed by atoms with van der Waals surface area (Å²) in [5.41, 5.74) is 0. The largest absolute Gasteiger partial charge is 0.499 e. The summed E-state index contributed by atoms with van der Waals surface area (Å²) >= 11 is 0. The molecule has 2 heterocycles. The van der Waals surface area contributed by atoms with Crippen molar-refractivity contribution in [1.29, 1.82) is 0 Å². The Balaban J connectivity index is 2.20. The number of carbonyl (C=O) groups is 2. The molecule has 2 atom stereocenters. The van der Waals surface area contributed by atoms with Crippen molar-refractivity contribution in [3.63, 3.8) is 0 Å². The maximum absolute atomic E-state index is 12.4. The molecule has 1 fully saturated rings. The molecule has 0 aromatic heterocycles. The summed E-state index contributed by atoms with van der Waals surface area (Å²) in [6.45, 7) is 4.81. The number of nitrogens with zero attached hydrogens (tertiary/aromatic N) is 1.